The zero-order chi connectivity index (χ0) is 19.9. The molecule has 27 heavy (non-hydrogen) atoms. The molecular weight excluding hydrogens is 364 g/mol. The van der Waals surface area contributed by atoms with Gasteiger partial charge in [-0.25, -0.2) is 4.98 Å². The van der Waals surface area contributed by atoms with Gasteiger partial charge < -0.3 is 15.0 Å². The molecule has 0 radical (unpaired) electrons. The van der Waals surface area contributed by atoms with Gasteiger partial charge in [-0.3, -0.25) is 14.5 Å². The summed E-state index contributed by atoms with van der Waals surface area (Å²) < 4.78 is 5.37. The molecule has 1 aliphatic rings. The van der Waals surface area contributed by atoms with Crippen molar-refractivity contribution in [3.63, 3.8) is 0 Å². The van der Waals surface area contributed by atoms with Crippen molar-refractivity contribution in [1.29, 1.82) is 0 Å². The number of aromatic nitrogens is 1. The number of hydrogen-bond acceptors (Lipinski definition) is 6. The predicted octanol–water partition coefficient (Wildman–Crippen LogP) is 2.38. The van der Waals surface area contributed by atoms with Gasteiger partial charge in [0.05, 0.1) is 19.8 Å². The number of amides is 2. The Morgan fingerprint density at radius 2 is 2.04 bits per heavy atom. The molecule has 1 aromatic heterocycles. The number of carbonyl (C=O) groups excluding carboxylic acids is 2. The average molecular weight is 397 g/mol. The number of carbonyl (C=O) groups is 2. The highest BCUT2D eigenvalue weighted by Crippen LogP contribution is 2.20. The van der Waals surface area contributed by atoms with Gasteiger partial charge >= 0.3 is 0 Å². The Bertz CT molecular complexity index is 621. The lowest BCUT2D eigenvalue weighted by Crippen LogP contribution is -2.42. The molecule has 1 aromatic rings. The molecule has 0 atom stereocenters. The number of anilines is 1. The van der Waals surface area contributed by atoms with E-state index < -0.39 is 0 Å². The predicted molar refractivity (Wildman–Crippen MR) is 108 cm³/mol. The van der Waals surface area contributed by atoms with Crippen LogP contribution < -0.4 is 5.32 Å². The summed E-state index contributed by atoms with van der Waals surface area (Å²) in [5, 5.41) is 3.38. The highest BCUT2D eigenvalue weighted by molar-refractivity contribution is 7.15. The lowest BCUT2D eigenvalue weighted by Gasteiger charge is -2.29. The molecule has 0 aromatic carbocycles. The fraction of sp³-hybridized carbons (Fsp3) is 0.737. The normalized spacial score (nSPS) is 15.6. The van der Waals surface area contributed by atoms with E-state index in [4.69, 9.17) is 4.74 Å². The van der Waals surface area contributed by atoms with Gasteiger partial charge in [0.2, 0.25) is 11.8 Å². The maximum Gasteiger partial charge on any atom is 0.245 e. The minimum absolute atomic E-state index is 0.0231. The zero-order valence-electron chi connectivity index (χ0n) is 16.9. The van der Waals surface area contributed by atoms with E-state index in [2.05, 4.69) is 15.2 Å². The highest BCUT2D eigenvalue weighted by Gasteiger charge is 2.23. The van der Waals surface area contributed by atoms with Crippen LogP contribution in [0.25, 0.3) is 0 Å². The van der Waals surface area contributed by atoms with Crippen LogP contribution >= 0.6 is 11.3 Å². The topological polar surface area (TPSA) is 74.8 Å². The smallest absolute Gasteiger partial charge is 0.245 e. The summed E-state index contributed by atoms with van der Waals surface area (Å²) in [6, 6.07) is 0. The largest absolute Gasteiger partial charge is 0.379 e. The second-order valence-corrected chi connectivity index (χ2v) is 9.42. The summed E-state index contributed by atoms with van der Waals surface area (Å²) in [6.07, 6.45) is 3.00. The number of thiazole rings is 1. The quantitative estimate of drug-likeness (QED) is 0.730. The van der Waals surface area contributed by atoms with Crippen LogP contribution in [-0.4, -0.2) is 72.5 Å². The number of rotatable bonds is 8. The fourth-order valence-electron chi connectivity index (χ4n) is 2.91. The standard InChI is InChI=1S/C19H32N4O3S/c1-15-13-20-18(27-15)21-16(24)14-23(17(25)12-19(2,3)4)7-5-6-22-8-10-26-11-9-22/h13H,5-12,14H2,1-4H3,(H,20,21,24). The van der Waals surface area contributed by atoms with Crippen LogP contribution in [0.1, 0.15) is 38.5 Å². The SMILES string of the molecule is Cc1cnc(NC(=O)CN(CCCN2CCOCC2)C(=O)CC(C)(C)C)s1. The van der Waals surface area contributed by atoms with Gasteiger partial charge in [0.25, 0.3) is 0 Å². The zero-order valence-corrected chi connectivity index (χ0v) is 17.7. The first-order valence-corrected chi connectivity index (χ1v) is 10.3. The Balaban J connectivity index is 1.89. The van der Waals surface area contributed by atoms with Crippen molar-refractivity contribution >= 4 is 28.3 Å². The third kappa shape index (κ3) is 8.36. The second kappa shape index (κ2) is 10.1. The first-order chi connectivity index (χ1) is 12.7. The molecule has 7 nitrogen and oxygen atoms in total. The molecule has 0 spiro atoms. The number of nitrogens with zero attached hydrogens (tertiary/aromatic N) is 3. The van der Waals surface area contributed by atoms with Gasteiger partial charge in [-0.15, -0.1) is 11.3 Å². The average Bonchev–Trinajstić information content (AvgIpc) is 2.98. The molecule has 0 unspecified atom stereocenters. The van der Waals surface area contributed by atoms with Crippen molar-refractivity contribution in [2.24, 2.45) is 5.41 Å². The summed E-state index contributed by atoms with van der Waals surface area (Å²) in [7, 11) is 0. The Morgan fingerprint density at radius 1 is 1.33 bits per heavy atom. The van der Waals surface area contributed by atoms with Crippen molar-refractivity contribution in [3.8, 4) is 0 Å². The fourth-order valence-corrected chi connectivity index (χ4v) is 3.59. The van der Waals surface area contributed by atoms with E-state index in [0.717, 1.165) is 44.1 Å². The van der Waals surface area contributed by atoms with E-state index >= 15 is 0 Å². The molecule has 1 saturated heterocycles. The Labute approximate surface area is 166 Å². The monoisotopic (exact) mass is 396 g/mol. The van der Waals surface area contributed by atoms with E-state index in [1.54, 1.807) is 11.1 Å². The molecule has 1 fully saturated rings. The molecule has 1 N–H and O–H groups in total. The molecule has 8 heteroatoms. The van der Waals surface area contributed by atoms with E-state index in [0.29, 0.717) is 18.1 Å². The number of nitrogens with one attached hydrogen (secondary N) is 1. The van der Waals surface area contributed by atoms with Crippen molar-refractivity contribution in [1.82, 2.24) is 14.8 Å². The molecule has 2 rings (SSSR count). The molecule has 0 aliphatic carbocycles. The van der Waals surface area contributed by atoms with E-state index in [-0.39, 0.29) is 23.8 Å². The van der Waals surface area contributed by atoms with Gasteiger partial charge in [-0.05, 0) is 18.8 Å². The van der Waals surface area contributed by atoms with E-state index in [1.165, 1.54) is 11.3 Å². The Morgan fingerprint density at radius 3 is 2.63 bits per heavy atom. The van der Waals surface area contributed by atoms with Gasteiger partial charge in [0, 0.05) is 43.7 Å². The molecule has 152 valence electrons. The summed E-state index contributed by atoms with van der Waals surface area (Å²) in [4.78, 5) is 34.4. The van der Waals surface area contributed by atoms with Crippen LogP contribution in [-0.2, 0) is 14.3 Å². The van der Waals surface area contributed by atoms with Crippen LogP contribution in [0.4, 0.5) is 5.13 Å². The molecular formula is C19H32N4O3S. The Kier molecular flexibility index (Phi) is 8.19. The first kappa shape index (κ1) is 21.8. The molecule has 2 amide bonds. The van der Waals surface area contributed by atoms with Crippen molar-refractivity contribution in [3.05, 3.63) is 11.1 Å². The minimum atomic E-state index is -0.196. The lowest BCUT2D eigenvalue weighted by molar-refractivity contribution is -0.136. The highest BCUT2D eigenvalue weighted by atomic mass is 32.1. The maximum atomic E-state index is 12.7. The summed E-state index contributed by atoms with van der Waals surface area (Å²) in [6.45, 7) is 13.0. The Hall–Kier alpha value is -1.51. The maximum absolute atomic E-state index is 12.7. The van der Waals surface area contributed by atoms with Crippen LogP contribution in [0, 0.1) is 12.3 Å². The minimum Gasteiger partial charge on any atom is -0.379 e. The number of ether oxygens (including phenoxy) is 1. The summed E-state index contributed by atoms with van der Waals surface area (Å²) >= 11 is 1.43. The van der Waals surface area contributed by atoms with Gasteiger partial charge in [0.1, 0.15) is 0 Å². The number of morpholine rings is 1. The van der Waals surface area contributed by atoms with Gasteiger partial charge in [-0.2, -0.15) is 0 Å². The lowest BCUT2D eigenvalue weighted by atomic mass is 9.91. The third-order valence-corrected chi connectivity index (χ3v) is 5.07. The molecule has 0 saturated carbocycles. The van der Waals surface area contributed by atoms with Gasteiger partial charge in [-0.1, -0.05) is 20.8 Å². The number of aryl methyl sites for hydroxylation is 1. The number of hydrogen-bond donors (Lipinski definition) is 1. The molecule has 1 aliphatic heterocycles. The molecule has 2 heterocycles. The van der Waals surface area contributed by atoms with Gasteiger partial charge in [0.15, 0.2) is 5.13 Å². The van der Waals surface area contributed by atoms with Crippen LogP contribution in [0.3, 0.4) is 0 Å². The third-order valence-electron chi connectivity index (χ3n) is 4.24. The van der Waals surface area contributed by atoms with Crippen molar-refractivity contribution in [2.75, 3.05) is 51.3 Å². The van der Waals surface area contributed by atoms with Crippen LogP contribution in [0.2, 0.25) is 0 Å². The van der Waals surface area contributed by atoms with Crippen LogP contribution in [0.15, 0.2) is 6.20 Å². The summed E-state index contributed by atoms with van der Waals surface area (Å²) in [5.74, 6) is -0.173. The van der Waals surface area contributed by atoms with Crippen molar-refractivity contribution < 1.29 is 14.3 Å². The van der Waals surface area contributed by atoms with Crippen molar-refractivity contribution in [2.45, 2.75) is 40.5 Å². The van der Waals surface area contributed by atoms with Crippen LogP contribution in [0.5, 0.6) is 0 Å². The molecule has 0 bridgehead atoms. The van der Waals surface area contributed by atoms with E-state index in [1.807, 2.05) is 27.7 Å². The first-order valence-electron chi connectivity index (χ1n) is 9.53. The second-order valence-electron chi connectivity index (χ2n) is 8.18. The van der Waals surface area contributed by atoms with E-state index in [9.17, 15) is 9.59 Å². The summed E-state index contributed by atoms with van der Waals surface area (Å²) in [5.41, 5.74) is -0.109.